The number of hydrogen-bond acceptors (Lipinski definition) is 0. The normalized spacial score (nSPS) is 14.5. The van der Waals surface area contributed by atoms with Crippen molar-refractivity contribution in [3.05, 3.63) is 24.4 Å². The van der Waals surface area contributed by atoms with E-state index in [-0.39, 0.29) is 0 Å². The van der Waals surface area contributed by atoms with Gasteiger partial charge in [0.05, 0.1) is 19.3 Å². The van der Waals surface area contributed by atoms with Crippen molar-refractivity contribution in [2.24, 2.45) is 0 Å². The van der Waals surface area contributed by atoms with E-state index in [0.717, 1.165) is 0 Å². The van der Waals surface area contributed by atoms with Crippen LogP contribution in [0.5, 0.6) is 0 Å². The lowest BCUT2D eigenvalue weighted by molar-refractivity contribution is -0.875. The molecule has 0 aromatic carbocycles. The Hall–Kier alpha value is -0.560. The van der Waals surface area contributed by atoms with E-state index in [0.29, 0.717) is 0 Å². The molecule has 1 aliphatic rings. The lowest BCUT2D eigenvalue weighted by Gasteiger charge is -2.35. The monoisotopic (exact) mass is 531 g/mol. The average molecular weight is 531 g/mol. The molecule has 0 N–H and O–H groups in total. The number of quaternary nitrogens is 1. The zero-order chi connectivity index (χ0) is 27.2. The zero-order valence-corrected chi connectivity index (χ0v) is 26.7. The van der Waals surface area contributed by atoms with Gasteiger partial charge in [0.15, 0.2) is 0 Å². The maximum atomic E-state index is 2.52. The third-order valence-corrected chi connectivity index (χ3v) is 9.03. The summed E-state index contributed by atoms with van der Waals surface area (Å²) in [7, 11) is 0. The fourth-order valence-corrected chi connectivity index (χ4v) is 6.33. The van der Waals surface area contributed by atoms with Gasteiger partial charge in [-0.15, -0.1) is 0 Å². The summed E-state index contributed by atoms with van der Waals surface area (Å²) in [5.74, 6) is 0. The molecule has 0 fully saturated rings. The lowest BCUT2D eigenvalue weighted by Crippen LogP contribution is -2.45. The first-order chi connectivity index (χ1) is 18.8. The van der Waals surface area contributed by atoms with Crippen LogP contribution in [0, 0.1) is 0 Å². The topological polar surface area (TPSA) is 0 Å². The predicted octanol–water partition coefficient (Wildman–Crippen LogP) is 12.8. The second-order valence-electron chi connectivity index (χ2n) is 12.8. The Morgan fingerprint density at radius 2 is 0.658 bits per heavy atom. The van der Waals surface area contributed by atoms with Gasteiger partial charge in [-0.05, 0) is 37.8 Å². The highest BCUT2D eigenvalue weighted by Crippen LogP contribution is 2.20. The Balaban J connectivity index is 1.94. The van der Waals surface area contributed by atoms with Gasteiger partial charge in [-0.3, -0.25) is 4.48 Å². The first kappa shape index (κ1) is 35.5. The molecular formula is C37H72N+. The van der Waals surface area contributed by atoms with Crippen molar-refractivity contribution in [2.45, 2.75) is 194 Å². The summed E-state index contributed by atoms with van der Waals surface area (Å²) in [6, 6.07) is 0. The quantitative estimate of drug-likeness (QED) is 0.0639. The van der Waals surface area contributed by atoms with Gasteiger partial charge in [-0.25, -0.2) is 0 Å². The molecule has 0 aliphatic carbocycles. The third-order valence-electron chi connectivity index (χ3n) is 9.03. The molecule has 1 heterocycles. The van der Waals surface area contributed by atoms with Crippen molar-refractivity contribution in [3.8, 4) is 0 Å². The van der Waals surface area contributed by atoms with Crippen LogP contribution in [0.15, 0.2) is 24.4 Å². The zero-order valence-electron chi connectivity index (χ0n) is 26.7. The minimum absolute atomic E-state index is 1.23. The number of rotatable bonds is 30. The highest BCUT2D eigenvalue weighted by atomic mass is 15.3. The van der Waals surface area contributed by atoms with E-state index < -0.39 is 0 Å². The molecule has 1 nitrogen and oxygen atoms in total. The van der Waals surface area contributed by atoms with E-state index in [2.05, 4.69) is 38.3 Å². The highest BCUT2D eigenvalue weighted by Gasteiger charge is 2.23. The molecule has 0 bridgehead atoms. The van der Waals surface area contributed by atoms with Crippen LogP contribution in [0.3, 0.4) is 0 Å². The number of hydrogen-bond donors (Lipinski definition) is 0. The number of allylic oxidation sites excluding steroid dienone is 2. The minimum atomic E-state index is 1.23. The van der Waals surface area contributed by atoms with Crippen molar-refractivity contribution < 1.29 is 4.48 Å². The second-order valence-corrected chi connectivity index (χ2v) is 12.8. The van der Waals surface area contributed by atoms with Gasteiger partial charge < -0.3 is 0 Å². The molecule has 0 radical (unpaired) electrons. The van der Waals surface area contributed by atoms with Crippen LogP contribution in [0.25, 0.3) is 0 Å². The predicted molar refractivity (Wildman–Crippen MR) is 174 cm³/mol. The molecule has 0 saturated carbocycles. The number of nitrogens with zero attached hydrogens (tertiary/aromatic N) is 1. The van der Waals surface area contributed by atoms with E-state index in [4.69, 9.17) is 0 Å². The van der Waals surface area contributed by atoms with Gasteiger partial charge in [-0.1, -0.05) is 174 Å². The Kier molecular flexibility index (Phi) is 26.1. The molecule has 0 amide bonds. The Bertz CT molecular complexity index is 487. The van der Waals surface area contributed by atoms with E-state index >= 15 is 0 Å². The molecule has 0 aromatic heterocycles. The van der Waals surface area contributed by atoms with Crippen molar-refractivity contribution in [3.63, 3.8) is 0 Å². The standard InChI is InChI=1S/C37H72N/c1-3-5-7-9-11-13-15-17-19-21-23-25-27-30-34-38(36-32-29-33-37-38)35-31-28-26-24-22-20-18-16-14-12-10-8-6-4-2/h29,32-33,36H,3-28,30-31,34-35,37H2,1-2H3/q+1. The maximum absolute atomic E-state index is 2.52. The van der Waals surface area contributed by atoms with Crippen molar-refractivity contribution in [2.75, 3.05) is 19.6 Å². The van der Waals surface area contributed by atoms with E-state index in [9.17, 15) is 0 Å². The van der Waals surface area contributed by atoms with E-state index in [1.54, 1.807) is 0 Å². The van der Waals surface area contributed by atoms with Crippen LogP contribution in [0.2, 0.25) is 0 Å². The van der Waals surface area contributed by atoms with Crippen molar-refractivity contribution >= 4 is 0 Å². The van der Waals surface area contributed by atoms with E-state index in [1.807, 2.05) is 0 Å². The molecular weight excluding hydrogens is 458 g/mol. The molecule has 0 unspecified atom stereocenters. The van der Waals surface area contributed by atoms with Gasteiger partial charge >= 0.3 is 0 Å². The fraction of sp³-hybridized carbons (Fsp3) is 0.892. The smallest absolute Gasteiger partial charge is 0.102 e. The van der Waals surface area contributed by atoms with Crippen molar-refractivity contribution in [1.82, 2.24) is 0 Å². The summed E-state index contributed by atoms with van der Waals surface area (Å²) in [6.45, 7) is 8.56. The summed E-state index contributed by atoms with van der Waals surface area (Å²) < 4.78 is 1.23. The van der Waals surface area contributed by atoms with Gasteiger partial charge in [-0.2, -0.15) is 0 Å². The van der Waals surface area contributed by atoms with Gasteiger partial charge in [0, 0.05) is 0 Å². The Morgan fingerprint density at radius 3 is 0.921 bits per heavy atom. The summed E-state index contributed by atoms with van der Waals surface area (Å²) in [6.07, 6.45) is 50.2. The molecule has 1 heteroatoms. The fourth-order valence-electron chi connectivity index (χ4n) is 6.33. The highest BCUT2D eigenvalue weighted by molar-refractivity contribution is 5.03. The van der Waals surface area contributed by atoms with Crippen LogP contribution in [0.4, 0.5) is 0 Å². The molecule has 0 spiro atoms. The van der Waals surface area contributed by atoms with Gasteiger partial charge in [0.25, 0.3) is 0 Å². The minimum Gasteiger partial charge on any atom is -0.294 e. The van der Waals surface area contributed by atoms with Gasteiger partial charge in [0.2, 0.25) is 0 Å². The largest absolute Gasteiger partial charge is 0.294 e. The average Bonchev–Trinajstić information content (AvgIpc) is 2.94. The first-order valence-corrected chi connectivity index (χ1v) is 18.0. The Labute approximate surface area is 241 Å². The SMILES string of the molecule is CCCCCCCCCCCCCCCC[N+]1(CCCCCCCCCCCCCCCC)C=CC=CC1. The summed E-state index contributed by atoms with van der Waals surface area (Å²) in [4.78, 5) is 0. The van der Waals surface area contributed by atoms with E-state index in [1.165, 1.54) is 204 Å². The summed E-state index contributed by atoms with van der Waals surface area (Å²) in [5, 5.41) is 0. The molecule has 38 heavy (non-hydrogen) atoms. The third kappa shape index (κ3) is 22.3. The first-order valence-electron chi connectivity index (χ1n) is 18.0. The molecule has 1 rings (SSSR count). The van der Waals surface area contributed by atoms with Crippen LogP contribution in [0.1, 0.15) is 194 Å². The van der Waals surface area contributed by atoms with Gasteiger partial charge in [0.1, 0.15) is 6.54 Å². The van der Waals surface area contributed by atoms with Crippen LogP contribution >= 0.6 is 0 Å². The molecule has 224 valence electrons. The second kappa shape index (κ2) is 28.0. The molecule has 0 aromatic rings. The maximum Gasteiger partial charge on any atom is 0.102 e. The summed E-state index contributed by atoms with van der Waals surface area (Å²) in [5.41, 5.74) is 0. The van der Waals surface area contributed by atoms with Crippen LogP contribution in [-0.2, 0) is 0 Å². The number of unbranched alkanes of at least 4 members (excludes halogenated alkanes) is 26. The molecule has 0 atom stereocenters. The van der Waals surface area contributed by atoms with Crippen LogP contribution in [-0.4, -0.2) is 24.1 Å². The summed E-state index contributed by atoms with van der Waals surface area (Å²) >= 11 is 0. The Morgan fingerprint density at radius 1 is 0.368 bits per heavy atom. The lowest BCUT2D eigenvalue weighted by atomic mass is 10.0. The van der Waals surface area contributed by atoms with Crippen molar-refractivity contribution in [1.29, 1.82) is 0 Å². The van der Waals surface area contributed by atoms with Crippen LogP contribution < -0.4 is 0 Å². The molecule has 0 saturated heterocycles. The molecule has 1 aliphatic heterocycles.